The fourth-order valence-corrected chi connectivity index (χ4v) is 7.53. The van der Waals surface area contributed by atoms with Crippen LogP contribution in [0.4, 0.5) is 5.82 Å². The minimum absolute atomic E-state index is 0.204. The molecule has 0 bridgehead atoms. The zero-order chi connectivity index (χ0) is 33.1. The summed E-state index contributed by atoms with van der Waals surface area (Å²) in [5.74, 6) is -0.482. The van der Waals surface area contributed by atoms with Gasteiger partial charge in [0.25, 0.3) is 0 Å². The number of aromatic nitrogens is 3. The molecule has 5 rings (SSSR count). The lowest BCUT2D eigenvalue weighted by Crippen LogP contribution is -2.51. The number of aliphatic hydroxyl groups excluding tert-OH is 2. The Morgan fingerprint density at radius 3 is 2.24 bits per heavy atom. The van der Waals surface area contributed by atoms with Crippen molar-refractivity contribution in [3.8, 4) is 0 Å². The summed E-state index contributed by atoms with van der Waals surface area (Å²) >= 11 is 0. The molecule has 0 aromatic carbocycles. The van der Waals surface area contributed by atoms with Gasteiger partial charge in [-0.3, -0.25) is 19.1 Å². The van der Waals surface area contributed by atoms with Gasteiger partial charge in [-0.1, -0.05) is 12.8 Å². The number of nitrogens with two attached hydrogens (primary N) is 1. The van der Waals surface area contributed by atoms with Gasteiger partial charge in [0.1, 0.15) is 47.8 Å². The van der Waals surface area contributed by atoms with E-state index in [0.717, 1.165) is 38.5 Å². The molecule has 2 aliphatic carbocycles. The van der Waals surface area contributed by atoms with Gasteiger partial charge in [0.05, 0.1) is 32.1 Å². The Balaban J connectivity index is 1.33. The number of rotatable bonds is 16. The van der Waals surface area contributed by atoms with E-state index in [1.54, 1.807) is 12.1 Å². The zero-order valence-electron chi connectivity index (χ0n) is 26.1. The van der Waals surface area contributed by atoms with E-state index in [0.29, 0.717) is 23.0 Å². The molecule has 46 heavy (non-hydrogen) atoms. The number of hydrogen-bond donors (Lipinski definition) is 5. The van der Waals surface area contributed by atoms with E-state index in [2.05, 4.69) is 32.0 Å². The second-order valence-corrected chi connectivity index (χ2v) is 14.4. The third kappa shape index (κ3) is 7.43. The highest BCUT2D eigenvalue weighted by atomic mass is 31.2. The maximum absolute atomic E-state index is 14.3. The predicted molar refractivity (Wildman–Crippen MR) is 166 cm³/mol. The van der Waals surface area contributed by atoms with E-state index in [9.17, 15) is 24.4 Å². The third-order valence-corrected chi connectivity index (χ3v) is 11.0. The third-order valence-electron chi connectivity index (χ3n) is 9.01. The lowest BCUT2D eigenvalue weighted by molar-refractivity contribution is -0.147. The normalized spacial score (nSPS) is 26.7. The van der Waals surface area contributed by atoms with Gasteiger partial charge < -0.3 is 34.7 Å². The second kappa shape index (κ2) is 14.4. The Morgan fingerprint density at radius 1 is 1.13 bits per heavy atom. The highest BCUT2D eigenvalue weighted by Crippen LogP contribution is 2.46. The number of aliphatic imine (C=N–C) groups is 1. The Labute approximate surface area is 267 Å². The van der Waals surface area contributed by atoms with Crippen molar-refractivity contribution in [3.63, 3.8) is 0 Å². The van der Waals surface area contributed by atoms with Crippen molar-refractivity contribution in [3.05, 3.63) is 24.2 Å². The molecule has 0 amide bonds. The largest absolute Gasteiger partial charge is 0.464 e. The van der Waals surface area contributed by atoms with Crippen LogP contribution in [0.2, 0.25) is 0 Å². The van der Waals surface area contributed by atoms with Crippen LogP contribution in [0, 0.1) is 11.8 Å². The van der Waals surface area contributed by atoms with Gasteiger partial charge >= 0.3 is 19.6 Å². The number of esters is 2. The lowest BCUT2D eigenvalue weighted by atomic mass is 9.86. The zero-order valence-corrected chi connectivity index (χ0v) is 27.0. The summed E-state index contributed by atoms with van der Waals surface area (Å²) in [6.45, 7) is 6.10. The van der Waals surface area contributed by atoms with E-state index in [1.807, 2.05) is 0 Å². The predicted octanol–water partition coefficient (Wildman–Crippen LogP) is 1.31. The lowest BCUT2D eigenvalue weighted by Gasteiger charge is -2.33. The van der Waals surface area contributed by atoms with Gasteiger partial charge in [-0.25, -0.2) is 19.7 Å². The fourth-order valence-electron chi connectivity index (χ4n) is 5.67. The monoisotopic (exact) mass is 665 g/mol. The van der Waals surface area contributed by atoms with Crippen LogP contribution in [-0.2, 0) is 32.9 Å². The summed E-state index contributed by atoms with van der Waals surface area (Å²) in [7, 11) is -4.29. The SMILES string of the molecule is C=NC[C@]1(COP(=O)(N[C@@H](C)C(=O)OCC2CCC2)N[C@@H](C)C(=O)OCC2CCC2)O[C@@H](c2ccc3c(N)ncnn23)[C@H](O)[C@@H]1O. The number of hydrogen-bond acceptors (Lipinski definition) is 13. The summed E-state index contributed by atoms with van der Waals surface area (Å²) in [6.07, 6.45) is 3.14. The molecule has 3 heterocycles. The van der Waals surface area contributed by atoms with Gasteiger partial charge in [0.2, 0.25) is 0 Å². The first kappa shape index (κ1) is 34.4. The average molecular weight is 666 g/mol. The van der Waals surface area contributed by atoms with Gasteiger partial charge in [0.15, 0.2) is 5.82 Å². The standard InChI is InChI=1S/C29H44N7O9P/c1-17(27(39)42-12-19-6-4-7-19)34-46(41,35-18(2)28(40)43-13-20-8-5-9-20)44-15-29(14-31-3)25(38)23(37)24(45-29)21-10-11-22-26(30)32-16-33-36(21)22/h10-11,16-20,23-25,37-38H,3-9,12-15H2,1-2H3,(H2,30,32,33)(H2,34,35,41)/t17-,18-,23-,24-,25-,29+/m0/s1. The van der Waals surface area contributed by atoms with Crippen molar-refractivity contribution < 1.29 is 43.1 Å². The first-order chi connectivity index (χ1) is 21.9. The summed E-state index contributed by atoms with van der Waals surface area (Å²) in [6, 6.07) is 1.07. The molecule has 2 aromatic rings. The van der Waals surface area contributed by atoms with E-state index in [-0.39, 0.29) is 25.6 Å². The average Bonchev–Trinajstić information content (AvgIpc) is 3.50. The van der Waals surface area contributed by atoms with Crippen LogP contribution in [-0.4, -0.2) is 99.7 Å². The van der Waals surface area contributed by atoms with Crippen molar-refractivity contribution in [2.45, 2.75) is 88.4 Å². The fraction of sp³-hybridized carbons (Fsp3) is 0.690. The summed E-state index contributed by atoms with van der Waals surface area (Å²) in [5, 5.41) is 31.9. The number of anilines is 1. The van der Waals surface area contributed by atoms with Crippen LogP contribution in [0.5, 0.6) is 0 Å². The quantitative estimate of drug-likeness (QED) is 0.0970. The number of nitrogen functional groups attached to an aromatic ring is 1. The van der Waals surface area contributed by atoms with Gasteiger partial charge in [-0.2, -0.15) is 5.10 Å². The van der Waals surface area contributed by atoms with Gasteiger partial charge in [-0.15, -0.1) is 0 Å². The molecule has 3 aliphatic rings. The number of nitrogens with one attached hydrogen (secondary N) is 2. The second-order valence-electron chi connectivity index (χ2n) is 12.5. The molecule has 0 unspecified atom stereocenters. The number of aliphatic hydroxyl groups is 2. The minimum Gasteiger partial charge on any atom is -0.464 e. The number of carbonyl (C=O) groups excluding carboxylic acids is 2. The number of nitrogens with zero attached hydrogens (tertiary/aromatic N) is 4. The molecule has 1 aliphatic heterocycles. The van der Waals surface area contributed by atoms with Crippen LogP contribution in [0.3, 0.4) is 0 Å². The number of fused-ring (bicyclic) bond motifs is 1. The molecule has 16 nitrogen and oxygen atoms in total. The summed E-state index contributed by atoms with van der Waals surface area (Å²) in [5.41, 5.74) is 5.05. The topological polar surface area (TPSA) is 221 Å². The Morgan fingerprint density at radius 2 is 1.72 bits per heavy atom. The molecule has 254 valence electrons. The molecular formula is C29H44N7O9P. The molecule has 3 fully saturated rings. The summed E-state index contributed by atoms with van der Waals surface area (Å²) in [4.78, 5) is 33.5. The van der Waals surface area contributed by atoms with Crippen LogP contribution in [0.1, 0.15) is 64.2 Å². The smallest absolute Gasteiger partial charge is 0.342 e. The van der Waals surface area contributed by atoms with Gasteiger partial charge in [-0.05, 0) is 70.2 Å². The first-order valence-electron chi connectivity index (χ1n) is 15.6. The van der Waals surface area contributed by atoms with E-state index >= 15 is 0 Å². The van der Waals surface area contributed by atoms with E-state index < -0.39 is 62.2 Å². The van der Waals surface area contributed by atoms with Crippen LogP contribution in [0.25, 0.3) is 5.52 Å². The molecule has 1 saturated heterocycles. The van der Waals surface area contributed by atoms with Crippen LogP contribution < -0.4 is 15.9 Å². The van der Waals surface area contributed by atoms with Gasteiger partial charge in [0, 0.05) is 0 Å². The highest BCUT2D eigenvalue weighted by Gasteiger charge is 2.56. The molecule has 0 spiro atoms. The number of ether oxygens (including phenoxy) is 3. The minimum atomic E-state index is -4.29. The Hall–Kier alpha value is -2.98. The van der Waals surface area contributed by atoms with Crippen molar-refractivity contribution in [2.24, 2.45) is 16.8 Å². The van der Waals surface area contributed by atoms with Crippen LogP contribution in [0.15, 0.2) is 23.5 Å². The number of carbonyl (C=O) groups is 2. The highest BCUT2D eigenvalue weighted by molar-refractivity contribution is 7.54. The van der Waals surface area contributed by atoms with Crippen molar-refractivity contribution in [2.75, 3.05) is 32.1 Å². The molecule has 2 aromatic heterocycles. The molecule has 17 heteroatoms. The molecular weight excluding hydrogens is 621 g/mol. The molecule has 0 radical (unpaired) electrons. The Kier molecular flexibility index (Phi) is 10.8. The van der Waals surface area contributed by atoms with Crippen molar-refractivity contribution in [1.29, 1.82) is 0 Å². The van der Waals surface area contributed by atoms with Crippen molar-refractivity contribution >= 4 is 37.7 Å². The van der Waals surface area contributed by atoms with E-state index in [4.69, 9.17) is 24.5 Å². The van der Waals surface area contributed by atoms with Crippen LogP contribution >= 0.6 is 7.67 Å². The molecule has 6 atom stereocenters. The van der Waals surface area contributed by atoms with E-state index in [1.165, 1.54) is 24.7 Å². The molecule has 6 N–H and O–H groups in total. The Bertz CT molecular complexity index is 1410. The summed E-state index contributed by atoms with van der Waals surface area (Å²) < 4.78 is 38.7. The first-order valence-corrected chi connectivity index (χ1v) is 17.3. The molecule has 2 saturated carbocycles. The van der Waals surface area contributed by atoms with Crippen molar-refractivity contribution in [1.82, 2.24) is 24.8 Å². The maximum atomic E-state index is 14.3. The maximum Gasteiger partial charge on any atom is 0.342 e.